The van der Waals surface area contributed by atoms with Crippen LogP contribution in [0.15, 0.2) is 60.8 Å². The molecule has 2 fully saturated rings. The van der Waals surface area contributed by atoms with Crippen molar-refractivity contribution in [1.29, 1.82) is 0 Å². The van der Waals surface area contributed by atoms with Crippen LogP contribution in [0.1, 0.15) is 62.3 Å². The number of anilines is 1. The number of carbonyl (C=O) groups is 2. The molecule has 0 bridgehead atoms. The second-order valence-corrected chi connectivity index (χ2v) is 14.1. The van der Waals surface area contributed by atoms with Gasteiger partial charge < -0.3 is 24.6 Å². The predicted octanol–water partition coefficient (Wildman–Crippen LogP) is 6.68. The van der Waals surface area contributed by atoms with Crippen LogP contribution in [-0.4, -0.2) is 85.4 Å². The monoisotopic (exact) mass is 718 g/mol. The molecule has 2 saturated heterocycles. The van der Waals surface area contributed by atoms with E-state index >= 15 is 0 Å². The number of amides is 1. The Kier molecular flexibility index (Phi) is 11.9. The van der Waals surface area contributed by atoms with Gasteiger partial charge >= 0.3 is 5.97 Å². The number of pyridine rings is 1. The third-order valence-electron chi connectivity index (χ3n) is 10.6. The molecule has 2 aliphatic rings. The van der Waals surface area contributed by atoms with Crippen molar-refractivity contribution in [2.75, 3.05) is 52.8 Å². The molecule has 2 atom stereocenters. The quantitative estimate of drug-likeness (QED) is 0.122. The van der Waals surface area contributed by atoms with Gasteiger partial charge in [-0.25, -0.2) is 0 Å². The zero-order valence-corrected chi connectivity index (χ0v) is 31.6. The molecule has 0 saturated carbocycles. The van der Waals surface area contributed by atoms with E-state index in [0.29, 0.717) is 37.6 Å². The van der Waals surface area contributed by atoms with E-state index in [-0.39, 0.29) is 29.6 Å². The zero-order chi connectivity index (χ0) is 37.6. The van der Waals surface area contributed by atoms with E-state index in [9.17, 15) is 14.7 Å². The van der Waals surface area contributed by atoms with Gasteiger partial charge in [0.05, 0.1) is 33.4 Å². The summed E-state index contributed by atoms with van der Waals surface area (Å²) >= 11 is 0. The van der Waals surface area contributed by atoms with Gasteiger partial charge in [0, 0.05) is 61.8 Å². The smallest absolute Gasteiger partial charge is 0.310 e. The number of aliphatic hydroxyl groups is 1. The Hall–Kier alpha value is -5.03. The molecule has 53 heavy (non-hydrogen) atoms. The van der Waals surface area contributed by atoms with Gasteiger partial charge in [0.25, 0.3) is 5.91 Å². The number of likely N-dealkylation sites (tertiary alicyclic amines) is 2. The van der Waals surface area contributed by atoms with Gasteiger partial charge in [0.2, 0.25) is 0 Å². The first-order valence-corrected chi connectivity index (χ1v) is 18.2. The van der Waals surface area contributed by atoms with Crippen molar-refractivity contribution in [3.05, 3.63) is 105 Å². The van der Waals surface area contributed by atoms with Gasteiger partial charge in [0.15, 0.2) is 0 Å². The van der Waals surface area contributed by atoms with Crippen LogP contribution in [0.2, 0.25) is 0 Å². The van der Waals surface area contributed by atoms with Crippen molar-refractivity contribution in [1.82, 2.24) is 14.8 Å². The second kappa shape index (κ2) is 16.8. The van der Waals surface area contributed by atoms with Gasteiger partial charge in [-0.15, -0.1) is 0 Å². The number of ether oxygens (including phenoxy) is 3. The lowest BCUT2D eigenvalue weighted by Crippen LogP contribution is -2.24. The maximum Gasteiger partial charge on any atom is 0.310 e. The molecule has 278 valence electrons. The SMILES string of the molecule is COC(=O)[C@@H]1CCN(Cc2cc(C)c(/C=C/c3cccc(-c4cccc(NC(=O)c5cc(OC)c(CN6CC[C@@H](O)C6)cn5)c4C)c3C)cc2OC)C1. The summed E-state index contributed by atoms with van der Waals surface area (Å²) in [4.78, 5) is 34.4. The van der Waals surface area contributed by atoms with Crippen molar-refractivity contribution in [2.45, 2.75) is 52.8 Å². The van der Waals surface area contributed by atoms with E-state index in [1.165, 1.54) is 7.11 Å². The number of nitrogens with zero attached hydrogens (tertiary/aromatic N) is 3. The van der Waals surface area contributed by atoms with Crippen molar-refractivity contribution in [3.63, 3.8) is 0 Å². The summed E-state index contributed by atoms with van der Waals surface area (Å²) in [5.74, 6) is 0.884. The minimum absolute atomic E-state index is 0.0778. The molecule has 1 aromatic heterocycles. The van der Waals surface area contributed by atoms with E-state index in [1.807, 2.05) is 19.1 Å². The summed E-state index contributed by atoms with van der Waals surface area (Å²) in [6.07, 6.45) is 7.20. The summed E-state index contributed by atoms with van der Waals surface area (Å²) in [7, 11) is 4.74. The van der Waals surface area contributed by atoms with Crippen LogP contribution in [0.5, 0.6) is 11.5 Å². The number of aliphatic hydroxyl groups excluding tert-OH is 1. The molecule has 10 nitrogen and oxygen atoms in total. The average Bonchev–Trinajstić information content (AvgIpc) is 3.81. The summed E-state index contributed by atoms with van der Waals surface area (Å²) in [6.45, 7) is 10.5. The molecular formula is C43H50N4O6. The van der Waals surface area contributed by atoms with Crippen molar-refractivity contribution >= 4 is 29.7 Å². The van der Waals surface area contributed by atoms with Gasteiger partial charge in [-0.2, -0.15) is 0 Å². The number of aromatic nitrogens is 1. The number of nitrogens with one attached hydrogen (secondary N) is 1. The molecule has 0 aliphatic carbocycles. The van der Waals surface area contributed by atoms with Crippen molar-refractivity contribution < 1.29 is 28.9 Å². The molecule has 3 aromatic carbocycles. The van der Waals surface area contributed by atoms with Crippen LogP contribution >= 0.6 is 0 Å². The average molecular weight is 719 g/mol. The Morgan fingerprint density at radius 3 is 2.21 bits per heavy atom. The molecule has 2 N–H and O–H groups in total. The van der Waals surface area contributed by atoms with Crippen LogP contribution < -0.4 is 14.8 Å². The van der Waals surface area contributed by atoms with Crippen LogP contribution in [0.3, 0.4) is 0 Å². The normalized spacial score (nSPS) is 17.7. The second-order valence-electron chi connectivity index (χ2n) is 14.1. The largest absolute Gasteiger partial charge is 0.496 e. The molecule has 0 radical (unpaired) electrons. The van der Waals surface area contributed by atoms with E-state index in [2.05, 4.69) is 82.5 Å². The molecule has 6 rings (SSSR count). The number of esters is 1. The Morgan fingerprint density at radius 2 is 1.49 bits per heavy atom. The molecule has 10 heteroatoms. The fourth-order valence-electron chi connectivity index (χ4n) is 7.48. The predicted molar refractivity (Wildman–Crippen MR) is 208 cm³/mol. The third-order valence-corrected chi connectivity index (χ3v) is 10.6. The van der Waals surface area contributed by atoms with Gasteiger partial charge in [-0.05, 0) is 91.2 Å². The number of rotatable bonds is 12. The highest BCUT2D eigenvalue weighted by atomic mass is 16.5. The maximum absolute atomic E-state index is 13.4. The fraction of sp³-hybridized carbons (Fsp3) is 0.372. The number of benzene rings is 3. The van der Waals surface area contributed by atoms with Crippen LogP contribution in [0, 0.1) is 26.7 Å². The van der Waals surface area contributed by atoms with Gasteiger partial charge in [-0.3, -0.25) is 24.4 Å². The zero-order valence-electron chi connectivity index (χ0n) is 31.6. The van der Waals surface area contributed by atoms with Crippen LogP contribution in [0.4, 0.5) is 5.69 Å². The first kappa shape index (κ1) is 37.7. The molecular weight excluding hydrogens is 668 g/mol. The summed E-state index contributed by atoms with van der Waals surface area (Å²) in [5, 5.41) is 13.0. The third kappa shape index (κ3) is 8.62. The van der Waals surface area contributed by atoms with Crippen LogP contribution in [0.25, 0.3) is 23.3 Å². The highest BCUT2D eigenvalue weighted by molar-refractivity contribution is 6.04. The van der Waals surface area contributed by atoms with E-state index in [0.717, 1.165) is 81.8 Å². The first-order chi connectivity index (χ1) is 25.6. The highest BCUT2D eigenvalue weighted by Gasteiger charge is 2.29. The number of carbonyl (C=O) groups excluding carboxylic acids is 2. The summed E-state index contributed by atoms with van der Waals surface area (Å²) in [6, 6.07) is 18.1. The minimum atomic E-state index is -0.317. The molecule has 2 aliphatic heterocycles. The van der Waals surface area contributed by atoms with E-state index < -0.39 is 0 Å². The van der Waals surface area contributed by atoms with Crippen molar-refractivity contribution in [3.8, 4) is 22.6 Å². The summed E-state index contributed by atoms with van der Waals surface area (Å²) in [5.41, 5.74) is 10.4. The molecule has 0 unspecified atom stereocenters. The standard InChI is InChI=1S/C43H50N4O6/c1-27-19-33(24-46-17-15-32(23-46)43(50)53-6)40(51-4)20-31(27)14-13-30-9-7-10-36(28(30)2)37-11-8-12-38(29(37)3)45-42(49)39-21-41(52-5)34(22-44-39)25-47-18-16-35(48)26-47/h7-14,19-22,32,35,48H,15-18,23-26H2,1-6H3,(H,45,49)/b14-13+/t32-,35-/m1/s1. The lowest BCUT2D eigenvalue weighted by molar-refractivity contribution is -0.144. The van der Waals surface area contributed by atoms with Crippen molar-refractivity contribution in [2.24, 2.45) is 5.92 Å². The number of hydrogen-bond acceptors (Lipinski definition) is 9. The Morgan fingerprint density at radius 1 is 0.830 bits per heavy atom. The minimum Gasteiger partial charge on any atom is -0.496 e. The molecule has 4 aromatic rings. The summed E-state index contributed by atoms with van der Waals surface area (Å²) < 4.78 is 16.4. The van der Waals surface area contributed by atoms with Crippen LogP contribution in [-0.2, 0) is 22.6 Å². The number of hydrogen-bond donors (Lipinski definition) is 2. The number of β-amino-alcohol motifs (C(OH)–C–C–N with tert-alkyl or cyclic N) is 1. The van der Waals surface area contributed by atoms with E-state index in [1.54, 1.807) is 26.5 Å². The van der Waals surface area contributed by atoms with Gasteiger partial charge in [0.1, 0.15) is 17.2 Å². The highest BCUT2D eigenvalue weighted by Crippen LogP contribution is 2.34. The topological polar surface area (TPSA) is 113 Å². The molecule has 3 heterocycles. The first-order valence-electron chi connectivity index (χ1n) is 18.2. The van der Waals surface area contributed by atoms with E-state index in [4.69, 9.17) is 14.2 Å². The fourth-order valence-corrected chi connectivity index (χ4v) is 7.48. The lowest BCUT2D eigenvalue weighted by Gasteiger charge is -2.19. The van der Waals surface area contributed by atoms with Gasteiger partial charge in [-0.1, -0.05) is 48.6 Å². The molecule has 0 spiro atoms. The Bertz CT molecular complexity index is 2010. The number of methoxy groups -OCH3 is 3. The maximum atomic E-state index is 13.4. The number of aryl methyl sites for hydroxylation is 1. The Labute approximate surface area is 312 Å². The lowest BCUT2D eigenvalue weighted by atomic mass is 9.92. The molecule has 1 amide bonds. The Balaban J connectivity index is 1.17.